The molecule has 1 nitrogen and oxygen atoms in total. The van der Waals surface area contributed by atoms with E-state index in [1.165, 1.54) is 27.8 Å². The second kappa shape index (κ2) is 5.81. The molecule has 114 valence electrons. The van der Waals surface area contributed by atoms with Gasteiger partial charge in [-0.25, -0.2) is 0 Å². The van der Waals surface area contributed by atoms with E-state index in [9.17, 15) is 0 Å². The van der Waals surface area contributed by atoms with Crippen molar-refractivity contribution >= 4 is 0 Å². The van der Waals surface area contributed by atoms with Gasteiger partial charge in [-0.2, -0.15) is 0 Å². The molecule has 1 aliphatic carbocycles. The number of allylic oxidation sites excluding steroid dienone is 4. The first kappa shape index (κ1) is 16.0. The Balaban J connectivity index is 2.39. The van der Waals surface area contributed by atoms with E-state index in [4.69, 9.17) is 0 Å². The predicted molar refractivity (Wildman–Crippen MR) is 92.6 cm³/mol. The molecule has 0 radical (unpaired) electrons. The van der Waals surface area contributed by atoms with Crippen LogP contribution in [-0.4, -0.2) is 5.54 Å². The number of hydrogen-bond acceptors (Lipinski definition) is 1. The largest absolute Gasteiger partial charge is 0.306 e. The maximum absolute atomic E-state index is 3.70. The van der Waals surface area contributed by atoms with Crippen LogP contribution in [0.15, 0.2) is 47.1 Å². The Morgan fingerprint density at radius 2 is 1.67 bits per heavy atom. The lowest BCUT2D eigenvalue weighted by Crippen LogP contribution is -2.38. The third kappa shape index (κ3) is 3.47. The zero-order valence-corrected chi connectivity index (χ0v) is 14.5. The molecule has 2 unspecified atom stereocenters. The molecule has 0 heterocycles. The standard InChI is InChI=1S/C20H29N/c1-13-12-19(15(3)14(13)2)18-11-9-8-10-17(18)16(4)21-20(5,6)7/h8-12,16,19,21H,1-7H3. The fourth-order valence-corrected chi connectivity index (χ4v) is 3.28. The number of benzene rings is 1. The molecule has 0 amide bonds. The van der Waals surface area contributed by atoms with Crippen molar-refractivity contribution in [3.63, 3.8) is 0 Å². The maximum Gasteiger partial charge on any atom is 0.0299 e. The number of hydrogen-bond donors (Lipinski definition) is 1. The minimum absolute atomic E-state index is 0.120. The molecule has 0 fully saturated rings. The van der Waals surface area contributed by atoms with Gasteiger partial charge in [0.1, 0.15) is 0 Å². The van der Waals surface area contributed by atoms with Crippen LogP contribution in [0.4, 0.5) is 0 Å². The van der Waals surface area contributed by atoms with Crippen molar-refractivity contribution in [2.75, 3.05) is 0 Å². The van der Waals surface area contributed by atoms with E-state index in [-0.39, 0.29) is 5.54 Å². The van der Waals surface area contributed by atoms with Crippen molar-refractivity contribution in [2.45, 2.75) is 66.0 Å². The third-order valence-electron chi connectivity index (χ3n) is 4.51. The quantitative estimate of drug-likeness (QED) is 0.770. The van der Waals surface area contributed by atoms with Crippen molar-refractivity contribution < 1.29 is 0 Å². The van der Waals surface area contributed by atoms with Gasteiger partial charge in [0, 0.05) is 17.5 Å². The summed E-state index contributed by atoms with van der Waals surface area (Å²) in [6, 6.07) is 9.21. The van der Waals surface area contributed by atoms with Crippen molar-refractivity contribution in [2.24, 2.45) is 0 Å². The lowest BCUT2D eigenvalue weighted by atomic mass is 9.87. The summed E-state index contributed by atoms with van der Waals surface area (Å²) in [5.41, 5.74) is 7.33. The van der Waals surface area contributed by atoms with Gasteiger partial charge in [-0.05, 0) is 65.2 Å². The monoisotopic (exact) mass is 283 g/mol. The number of rotatable bonds is 3. The highest BCUT2D eigenvalue weighted by Crippen LogP contribution is 2.40. The van der Waals surface area contributed by atoms with Crippen LogP contribution < -0.4 is 5.32 Å². The van der Waals surface area contributed by atoms with Gasteiger partial charge in [-0.3, -0.25) is 0 Å². The molecule has 0 spiro atoms. The van der Waals surface area contributed by atoms with Crippen molar-refractivity contribution in [1.29, 1.82) is 0 Å². The molecule has 1 aromatic carbocycles. The SMILES string of the molecule is CC1=CC(c2ccccc2C(C)NC(C)(C)C)C(C)=C1C. The van der Waals surface area contributed by atoms with Gasteiger partial charge < -0.3 is 5.32 Å². The Morgan fingerprint density at radius 1 is 1.05 bits per heavy atom. The van der Waals surface area contributed by atoms with Crippen LogP contribution >= 0.6 is 0 Å². The molecule has 1 N–H and O–H groups in total. The Hall–Kier alpha value is -1.34. The summed E-state index contributed by atoms with van der Waals surface area (Å²) in [6.45, 7) is 15.7. The van der Waals surface area contributed by atoms with Gasteiger partial charge in [0.25, 0.3) is 0 Å². The first-order valence-corrected chi connectivity index (χ1v) is 7.93. The van der Waals surface area contributed by atoms with Gasteiger partial charge in [0.05, 0.1) is 0 Å². The van der Waals surface area contributed by atoms with Crippen LogP contribution in [0.2, 0.25) is 0 Å². The number of nitrogens with one attached hydrogen (secondary N) is 1. The van der Waals surface area contributed by atoms with Gasteiger partial charge >= 0.3 is 0 Å². The molecule has 2 atom stereocenters. The van der Waals surface area contributed by atoms with E-state index in [1.54, 1.807) is 0 Å². The van der Waals surface area contributed by atoms with Crippen LogP contribution in [0.5, 0.6) is 0 Å². The lowest BCUT2D eigenvalue weighted by Gasteiger charge is -2.29. The topological polar surface area (TPSA) is 12.0 Å². The van der Waals surface area contributed by atoms with E-state index >= 15 is 0 Å². The second-order valence-electron chi connectivity index (χ2n) is 7.38. The summed E-state index contributed by atoms with van der Waals surface area (Å²) in [4.78, 5) is 0. The summed E-state index contributed by atoms with van der Waals surface area (Å²) >= 11 is 0. The molecule has 2 rings (SSSR count). The van der Waals surface area contributed by atoms with Crippen LogP contribution in [0, 0.1) is 0 Å². The Labute approximate surface area is 130 Å². The molecule has 1 aliphatic rings. The molecular weight excluding hydrogens is 254 g/mol. The molecule has 0 aliphatic heterocycles. The highest BCUT2D eigenvalue weighted by molar-refractivity contribution is 5.51. The average molecular weight is 283 g/mol. The van der Waals surface area contributed by atoms with Crippen LogP contribution in [0.1, 0.15) is 71.6 Å². The molecule has 0 saturated heterocycles. The third-order valence-corrected chi connectivity index (χ3v) is 4.51. The fraction of sp³-hybridized carbons (Fsp3) is 0.500. The first-order chi connectivity index (χ1) is 9.70. The molecule has 1 heteroatoms. The zero-order valence-electron chi connectivity index (χ0n) is 14.5. The normalized spacial score (nSPS) is 20.7. The molecule has 0 bridgehead atoms. The molecule has 0 aromatic heterocycles. The lowest BCUT2D eigenvalue weighted by molar-refractivity contribution is 0.377. The van der Waals surface area contributed by atoms with E-state index < -0.39 is 0 Å². The molecule has 0 saturated carbocycles. The Kier molecular flexibility index (Phi) is 4.43. The summed E-state index contributed by atoms with van der Waals surface area (Å²) in [5, 5.41) is 3.70. The second-order valence-corrected chi connectivity index (χ2v) is 7.38. The summed E-state index contributed by atoms with van der Waals surface area (Å²) in [7, 11) is 0. The van der Waals surface area contributed by atoms with E-state index in [1.807, 2.05) is 0 Å². The van der Waals surface area contributed by atoms with Crippen molar-refractivity contribution in [3.8, 4) is 0 Å². The zero-order chi connectivity index (χ0) is 15.8. The highest BCUT2D eigenvalue weighted by Gasteiger charge is 2.24. The van der Waals surface area contributed by atoms with Crippen molar-refractivity contribution in [3.05, 3.63) is 58.2 Å². The smallest absolute Gasteiger partial charge is 0.0299 e. The van der Waals surface area contributed by atoms with Crippen LogP contribution in [-0.2, 0) is 0 Å². The van der Waals surface area contributed by atoms with Gasteiger partial charge in [0.15, 0.2) is 0 Å². The Morgan fingerprint density at radius 3 is 2.19 bits per heavy atom. The summed E-state index contributed by atoms with van der Waals surface area (Å²) in [5.74, 6) is 0.436. The maximum atomic E-state index is 3.70. The van der Waals surface area contributed by atoms with Crippen LogP contribution in [0.3, 0.4) is 0 Å². The minimum Gasteiger partial charge on any atom is -0.306 e. The average Bonchev–Trinajstić information content (AvgIpc) is 2.64. The van der Waals surface area contributed by atoms with Gasteiger partial charge in [-0.15, -0.1) is 0 Å². The van der Waals surface area contributed by atoms with Gasteiger partial charge in [0.2, 0.25) is 0 Å². The molecular formula is C20H29N. The first-order valence-electron chi connectivity index (χ1n) is 7.93. The van der Waals surface area contributed by atoms with Gasteiger partial charge in [-0.1, -0.05) is 41.5 Å². The summed E-state index contributed by atoms with van der Waals surface area (Å²) < 4.78 is 0. The fourth-order valence-electron chi connectivity index (χ4n) is 3.28. The molecule has 1 aromatic rings. The summed E-state index contributed by atoms with van der Waals surface area (Å²) in [6.07, 6.45) is 2.41. The van der Waals surface area contributed by atoms with E-state index in [0.717, 1.165) is 0 Å². The van der Waals surface area contributed by atoms with E-state index in [2.05, 4.69) is 84.1 Å². The Bertz CT molecular complexity index is 584. The predicted octanol–water partition coefficient (Wildman–Crippen LogP) is 5.52. The molecule has 21 heavy (non-hydrogen) atoms. The highest BCUT2D eigenvalue weighted by atomic mass is 15.0. The minimum atomic E-state index is 0.120. The van der Waals surface area contributed by atoms with Crippen LogP contribution in [0.25, 0.3) is 0 Å². The van der Waals surface area contributed by atoms with E-state index in [0.29, 0.717) is 12.0 Å². The van der Waals surface area contributed by atoms with Crippen molar-refractivity contribution in [1.82, 2.24) is 5.32 Å².